The number of benzene rings is 1. The zero-order valence-electron chi connectivity index (χ0n) is 12.0. The van der Waals surface area contributed by atoms with Crippen molar-refractivity contribution in [2.45, 2.75) is 52.0 Å². The maximum Gasteiger partial charge on any atom is 0.222 e. The first kappa shape index (κ1) is 14.1. The second-order valence-electron chi connectivity index (χ2n) is 5.82. The molecule has 1 heterocycles. The van der Waals surface area contributed by atoms with Gasteiger partial charge in [0.2, 0.25) is 5.91 Å². The predicted octanol–water partition coefficient (Wildman–Crippen LogP) is 4.01. The first-order chi connectivity index (χ1) is 9.25. The molecule has 1 saturated heterocycles. The summed E-state index contributed by atoms with van der Waals surface area (Å²) in [5.74, 6) is 0.948. The van der Waals surface area contributed by atoms with Gasteiger partial charge >= 0.3 is 0 Å². The van der Waals surface area contributed by atoms with Gasteiger partial charge in [0.05, 0.1) is 0 Å². The van der Waals surface area contributed by atoms with E-state index in [9.17, 15) is 4.79 Å². The molecule has 2 heteroatoms. The van der Waals surface area contributed by atoms with Gasteiger partial charge in [0.1, 0.15) is 0 Å². The molecule has 0 aliphatic carbocycles. The van der Waals surface area contributed by atoms with Crippen LogP contribution in [0, 0.1) is 5.92 Å². The number of nitrogens with zero attached hydrogens (tertiary/aromatic N) is 1. The van der Waals surface area contributed by atoms with E-state index in [-0.39, 0.29) is 0 Å². The van der Waals surface area contributed by atoms with Crippen molar-refractivity contribution in [2.24, 2.45) is 5.92 Å². The zero-order chi connectivity index (χ0) is 13.5. The number of carbonyl (C=O) groups excluding carboxylic acids is 1. The number of hydrogen-bond donors (Lipinski definition) is 0. The molecule has 0 spiro atoms. The van der Waals surface area contributed by atoms with Gasteiger partial charge in [0.25, 0.3) is 0 Å². The molecule has 0 N–H and O–H groups in total. The van der Waals surface area contributed by atoms with E-state index < -0.39 is 0 Å². The SMILES string of the molecule is C[C@@H]1CCCCCCC(=O)N(Cc2ccccc2)C1. The third-order valence-electron chi connectivity index (χ3n) is 3.94. The molecule has 104 valence electrons. The molecule has 0 saturated carbocycles. The average molecular weight is 259 g/mol. The van der Waals surface area contributed by atoms with Gasteiger partial charge in [-0.05, 0) is 24.3 Å². The van der Waals surface area contributed by atoms with E-state index >= 15 is 0 Å². The number of rotatable bonds is 2. The fourth-order valence-electron chi connectivity index (χ4n) is 2.81. The molecule has 1 amide bonds. The predicted molar refractivity (Wildman–Crippen MR) is 78.7 cm³/mol. The fraction of sp³-hybridized carbons (Fsp3) is 0.588. The highest BCUT2D eigenvalue weighted by molar-refractivity contribution is 5.76. The van der Waals surface area contributed by atoms with Crippen LogP contribution in [0.1, 0.15) is 51.0 Å². The van der Waals surface area contributed by atoms with Crippen molar-refractivity contribution in [1.29, 1.82) is 0 Å². The average Bonchev–Trinajstić information content (AvgIpc) is 2.42. The van der Waals surface area contributed by atoms with Gasteiger partial charge in [-0.15, -0.1) is 0 Å². The molecule has 0 unspecified atom stereocenters. The minimum atomic E-state index is 0.331. The van der Waals surface area contributed by atoms with E-state index in [2.05, 4.69) is 24.0 Å². The minimum absolute atomic E-state index is 0.331. The van der Waals surface area contributed by atoms with E-state index in [1.165, 1.54) is 31.2 Å². The lowest BCUT2D eigenvalue weighted by Crippen LogP contribution is -2.34. The molecule has 1 fully saturated rings. The first-order valence-corrected chi connectivity index (χ1v) is 7.57. The summed E-state index contributed by atoms with van der Waals surface area (Å²) in [6.45, 7) is 3.95. The smallest absolute Gasteiger partial charge is 0.222 e. The van der Waals surface area contributed by atoms with Crippen LogP contribution in [-0.2, 0) is 11.3 Å². The van der Waals surface area contributed by atoms with E-state index in [4.69, 9.17) is 0 Å². The molecular formula is C17H25NO. The lowest BCUT2D eigenvalue weighted by molar-refractivity contribution is -0.132. The van der Waals surface area contributed by atoms with Gasteiger partial charge in [-0.3, -0.25) is 4.79 Å². The monoisotopic (exact) mass is 259 g/mol. The Labute approximate surface area is 116 Å². The van der Waals surface area contributed by atoms with Gasteiger partial charge in [-0.2, -0.15) is 0 Å². The summed E-state index contributed by atoms with van der Waals surface area (Å²) in [4.78, 5) is 14.4. The molecule has 0 aromatic heterocycles. The maximum absolute atomic E-state index is 12.3. The minimum Gasteiger partial charge on any atom is -0.338 e. The molecule has 2 nitrogen and oxygen atoms in total. The van der Waals surface area contributed by atoms with E-state index in [0.717, 1.165) is 25.9 Å². The second-order valence-corrected chi connectivity index (χ2v) is 5.82. The van der Waals surface area contributed by atoms with Crippen LogP contribution in [-0.4, -0.2) is 17.4 Å². The van der Waals surface area contributed by atoms with E-state index in [0.29, 0.717) is 11.8 Å². The molecule has 1 atom stereocenters. The van der Waals surface area contributed by atoms with Crippen molar-refractivity contribution in [3.63, 3.8) is 0 Å². The van der Waals surface area contributed by atoms with Crippen molar-refractivity contribution in [2.75, 3.05) is 6.54 Å². The molecule has 1 aliphatic heterocycles. The quantitative estimate of drug-likeness (QED) is 0.786. The van der Waals surface area contributed by atoms with Gasteiger partial charge in [0, 0.05) is 19.5 Å². The highest BCUT2D eigenvalue weighted by Gasteiger charge is 2.17. The van der Waals surface area contributed by atoms with Gasteiger partial charge in [-0.25, -0.2) is 0 Å². The topological polar surface area (TPSA) is 20.3 Å². The van der Waals surface area contributed by atoms with Crippen molar-refractivity contribution >= 4 is 5.91 Å². The second kappa shape index (κ2) is 7.32. The van der Waals surface area contributed by atoms with Gasteiger partial charge < -0.3 is 4.90 Å². The highest BCUT2D eigenvalue weighted by atomic mass is 16.2. The number of carbonyl (C=O) groups is 1. The normalized spacial score (nSPS) is 22.3. The van der Waals surface area contributed by atoms with Crippen LogP contribution in [0.5, 0.6) is 0 Å². The summed E-state index contributed by atoms with van der Waals surface area (Å²) in [6.07, 6.45) is 6.83. The van der Waals surface area contributed by atoms with Crippen LogP contribution in [0.3, 0.4) is 0 Å². The van der Waals surface area contributed by atoms with Crippen LogP contribution in [0.25, 0.3) is 0 Å². The van der Waals surface area contributed by atoms with Crippen molar-refractivity contribution in [1.82, 2.24) is 4.90 Å². The van der Waals surface area contributed by atoms with Crippen molar-refractivity contribution < 1.29 is 4.79 Å². The van der Waals surface area contributed by atoms with Gasteiger partial charge in [0.15, 0.2) is 0 Å². The van der Waals surface area contributed by atoms with Crippen molar-refractivity contribution in [3.05, 3.63) is 35.9 Å². The Morgan fingerprint density at radius 1 is 1.11 bits per heavy atom. The maximum atomic E-state index is 12.3. The number of hydrogen-bond acceptors (Lipinski definition) is 1. The molecule has 1 aromatic carbocycles. The largest absolute Gasteiger partial charge is 0.338 e. The molecule has 19 heavy (non-hydrogen) atoms. The molecule has 1 aliphatic rings. The van der Waals surface area contributed by atoms with Crippen LogP contribution < -0.4 is 0 Å². The summed E-state index contributed by atoms with van der Waals surface area (Å²) >= 11 is 0. The lowest BCUT2D eigenvalue weighted by Gasteiger charge is -2.27. The van der Waals surface area contributed by atoms with Crippen LogP contribution in [0.2, 0.25) is 0 Å². The lowest BCUT2D eigenvalue weighted by atomic mass is 9.99. The zero-order valence-corrected chi connectivity index (χ0v) is 12.0. The Kier molecular flexibility index (Phi) is 5.44. The first-order valence-electron chi connectivity index (χ1n) is 7.57. The third kappa shape index (κ3) is 4.70. The van der Waals surface area contributed by atoms with Crippen LogP contribution in [0.15, 0.2) is 30.3 Å². The third-order valence-corrected chi connectivity index (χ3v) is 3.94. The molecule has 0 radical (unpaired) electrons. The summed E-state index contributed by atoms with van der Waals surface area (Å²) in [5.41, 5.74) is 1.24. The highest BCUT2D eigenvalue weighted by Crippen LogP contribution is 2.18. The summed E-state index contributed by atoms with van der Waals surface area (Å²) in [5, 5.41) is 0. The molecule has 0 bridgehead atoms. The molecule has 2 rings (SSSR count). The van der Waals surface area contributed by atoms with E-state index in [1.54, 1.807) is 0 Å². The fourth-order valence-corrected chi connectivity index (χ4v) is 2.81. The summed E-state index contributed by atoms with van der Waals surface area (Å²) < 4.78 is 0. The molecular weight excluding hydrogens is 234 g/mol. The van der Waals surface area contributed by atoms with Crippen LogP contribution >= 0.6 is 0 Å². The Morgan fingerprint density at radius 3 is 2.63 bits per heavy atom. The molecule has 1 aromatic rings. The Morgan fingerprint density at radius 2 is 1.84 bits per heavy atom. The Hall–Kier alpha value is -1.31. The Bertz CT molecular complexity index is 388. The van der Waals surface area contributed by atoms with E-state index in [1.807, 2.05) is 18.2 Å². The Balaban J connectivity index is 2.02. The summed E-state index contributed by atoms with van der Waals surface area (Å²) in [6, 6.07) is 10.3. The van der Waals surface area contributed by atoms with Crippen molar-refractivity contribution in [3.8, 4) is 0 Å². The summed E-state index contributed by atoms with van der Waals surface area (Å²) in [7, 11) is 0. The standard InChI is InChI=1S/C17H25NO/c1-15-9-5-2-3-8-12-17(19)18(13-15)14-16-10-6-4-7-11-16/h4,6-7,10-11,15H,2-3,5,8-9,12-14H2,1H3/t15-/m1/s1. The number of amides is 1. The van der Waals surface area contributed by atoms with Gasteiger partial charge in [-0.1, -0.05) is 56.5 Å². The van der Waals surface area contributed by atoms with Crippen LogP contribution in [0.4, 0.5) is 0 Å².